The van der Waals surface area contributed by atoms with Gasteiger partial charge >= 0.3 is 6.09 Å². The maximum atomic E-state index is 11.2. The zero-order chi connectivity index (χ0) is 12.0. The number of carbonyl (C=O) groups excluding carboxylic acids is 1. The minimum Gasteiger partial charge on any atom is -0.453 e. The van der Waals surface area contributed by atoms with Crippen molar-refractivity contribution in [1.82, 2.24) is 10.2 Å². The van der Waals surface area contributed by atoms with E-state index in [1.165, 1.54) is 26.5 Å². The minimum atomic E-state index is -0.307. The monoisotopic (exact) mass is 228 g/mol. The van der Waals surface area contributed by atoms with Crippen molar-refractivity contribution in [2.24, 2.45) is 5.92 Å². The Kier molecular flexibility index (Phi) is 5.60. The number of alkyl carbamates (subject to hydrolysis) is 1. The van der Waals surface area contributed by atoms with Gasteiger partial charge in [-0.3, -0.25) is 0 Å². The smallest absolute Gasteiger partial charge is 0.407 e. The van der Waals surface area contributed by atoms with E-state index in [0.29, 0.717) is 5.92 Å². The highest BCUT2D eigenvalue weighted by molar-refractivity contribution is 5.67. The second-order valence-electron chi connectivity index (χ2n) is 4.60. The van der Waals surface area contributed by atoms with E-state index >= 15 is 0 Å². The molecular weight excluding hydrogens is 204 g/mol. The quantitative estimate of drug-likeness (QED) is 0.798. The number of methoxy groups -OCH3 is 1. The first kappa shape index (κ1) is 13.3. The van der Waals surface area contributed by atoms with Gasteiger partial charge < -0.3 is 15.0 Å². The molecule has 0 radical (unpaired) electrons. The van der Waals surface area contributed by atoms with Crippen molar-refractivity contribution >= 4 is 6.09 Å². The molecule has 1 aliphatic heterocycles. The van der Waals surface area contributed by atoms with Crippen LogP contribution in [0.5, 0.6) is 0 Å². The first-order chi connectivity index (χ1) is 7.69. The standard InChI is InChI=1S/C12H24N2O2/c1-4-6-14-8-10(5-2)7-11(9-14)13-12(15)16-3/h10-11H,4-9H2,1-3H3,(H,13,15). The van der Waals surface area contributed by atoms with Crippen molar-refractivity contribution in [3.63, 3.8) is 0 Å². The lowest BCUT2D eigenvalue weighted by Crippen LogP contribution is -2.50. The van der Waals surface area contributed by atoms with Crippen molar-refractivity contribution < 1.29 is 9.53 Å². The molecular formula is C12H24N2O2. The fourth-order valence-electron chi connectivity index (χ4n) is 2.43. The summed E-state index contributed by atoms with van der Waals surface area (Å²) >= 11 is 0. The average molecular weight is 228 g/mol. The fraction of sp³-hybridized carbons (Fsp3) is 0.917. The molecule has 1 fully saturated rings. The molecule has 0 bridgehead atoms. The largest absolute Gasteiger partial charge is 0.453 e. The van der Waals surface area contributed by atoms with Crippen molar-refractivity contribution in [1.29, 1.82) is 0 Å². The molecule has 1 amide bonds. The first-order valence-electron chi connectivity index (χ1n) is 6.26. The summed E-state index contributed by atoms with van der Waals surface area (Å²) in [6.07, 6.45) is 3.12. The van der Waals surface area contributed by atoms with Gasteiger partial charge in [0.05, 0.1) is 7.11 Å². The van der Waals surface area contributed by atoms with Crippen molar-refractivity contribution in [2.75, 3.05) is 26.7 Å². The van der Waals surface area contributed by atoms with Gasteiger partial charge in [0.15, 0.2) is 0 Å². The highest BCUT2D eigenvalue weighted by Crippen LogP contribution is 2.19. The van der Waals surface area contributed by atoms with Crippen LogP contribution in [0.15, 0.2) is 0 Å². The number of ether oxygens (including phenoxy) is 1. The summed E-state index contributed by atoms with van der Waals surface area (Å²) in [5, 5.41) is 2.92. The van der Waals surface area contributed by atoms with Gasteiger partial charge in [0.2, 0.25) is 0 Å². The Hall–Kier alpha value is -0.770. The molecule has 0 aromatic rings. The SMILES string of the molecule is CCCN1CC(CC)CC(NC(=O)OC)C1. The fourth-order valence-corrected chi connectivity index (χ4v) is 2.43. The topological polar surface area (TPSA) is 41.6 Å². The third kappa shape index (κ3) is 4.00. The Morgan fingerprint density at radius 2 is 2.19 bits per heavy atom. The van der Waals surface area contributed by atoms with Gasteiger partial charge in [0.1, 0.15) is 0 Å². The van der Waals surface area contributed by atoms with E-state index in [9.17, 15) is 4.79 Å². The number of amides is 1. The summed E-state index contributed by atoms with van der Waals surface area (Å²) in [5.41, 5.74) is 0. The van der Waals surface area contributed by atoms with Crippen LogP contribution in [-0.4, -0.2) is 43.8 Å². The van der Waals surface area contributed by atoms with Gasteiger partial charge in [-0.15, -0.1) is 0 Å². The van der Waals surface area contributed by atoms with Crippen LogP contribution in [0.25, 0.3) is 0 Å². The molecule has 1 N–H and O–H groups in total. The van der Waals surface area contributed by atoms with Crippen LogP contribution in [0.3, 0.4) is 0 Å². The molecule has 1 saturated heterocycles. The summed E-state index contributed by atoms with van der Waals surface area (Å²) in [6.45, 7) is 7.66. The summed E-state index contributed by atoms with van der Waals surface area (Å²) in [5.74, 6) is 0.697. The lowest BCUT2D eigenvalue weighted by atomic mass is 9.92. The molecule has 0 saturated carbocycles. The van der Waals surface area contributed by atoms with Crippen molar-refractivity contribution in [2.45, 2.75) is 39.2 Å². The highest BCUT2D eigenvalue weighted by Gasteiger charge is 2.26. The van der Waals surface area contributed by atoms with Gasteiger partial charge in [0.25, 0.3) is 0 Å². The van der Waals surface area contributed by atoms with E-state index in [4.69, 9.17) is 0 Å². The number of likely N-dealkylation sites (tertiary alicyclic amines) is 1. The van der Waals surface area contributed by atoms with Gasteiger partial charge in [-0.1, -0.05) is 20.3 Å². The number of nitrogens with one attached hydrogen (secondary N) is 1. The van der Waals surface area contributed by atoms with Gasteiger partial charge in [0, 0.05) is 19.1 Å². The number of rotatable bonds is 4. The van der Waals surface area contributed by atoms with E-state index in [0.717, 1.165) is 19.5 Å². The predicted octanol–water partition coefficient (Wildman–Crippen LogP) is 1.85. The van der Waals surface area contributed by atoms with Crippen LogP contribution in [0.2, 0.25) is 0 Å². The Labute approximate surface area is 98.3 Å². The Balaban J connectivity index is 2.46. The van der Waals surface area contributed by atoms with Gasteiger partial charge in [-0.2, -0.15) is 0 Å². The molecule has 0 spiro atoms. The van der Waals surface area contributed by atoms with Crippen LogP contribution in [-0.2, 0) is 4.74 Å². The third-order valence-electron chi connectivity index (χ3n) is 3.24. The van der Waals surface area contributed by atoms with E-state index in [-0.39, 0.29) is 12.1 Å². The Bertz CT molecular complexity index is 221. The molecule has 0 aromatic heterocycles. The number of piperidine rings is 1. The summed E-state index contributed by atoms with van der Waals surface area (Å²) in [4.78, 5) is 13.6. The molecule has 1 aliphatic rings. The molecule has 1 heterocycles. The minimum absolute atomic E-state index is 0.248. The van der Waals surface area contributed by atoms with Crippen LogP contribution < -0.4 is 5.32 Å². The second kappa shape index (κ2) is 6.74. The van der Waals surface area contributed by atoms with Crippen LogP contribution in [0.1, 0.15) is 33.1 Å². The lowest BCUT2D eigenvalue weighted by Gasteiger charge is -2.37. The van der Waals surface area contributed by atoms with Gasteiger partial charge in [-0.05, 0) is 25.3 Å². The average Bonchev–Trinajstić information content (AvgIpc) is 2.29. The zero-order valence-electron chi connectivity index (χ0n) is 10.7. The molecule has 2 atom stereocenters. The summed E-state index contributed by atoms with van der Waals surface area (Å²) in [7, 11) is 1.42. The van der Waals surface area contributed by atoms with Crippen molar-refractivity contribution in [3.05, 3.63) is 0 Å². The Morgan fingerprint density at radius 1 is 1.44 bits per heavy atom. The highest BCUT2D eigenvalue weighted by atomic mass is 16.5. The number of hydrogen-bond donors (Lipinski definition) is 1. The van der Waals surface area contributed by atoms with Crippen LogP contribution in [0.4, 0.5) is 4.79 Å². The summed E-state index contributed by atoms with van der Waals surface area (Å²) in [6, 6.07) is 0.248. The zero-order valence-corrected chi connectivity index (χ0v) is 10.7. The molecule has 2 unspecified atom stereocenters. The number of carbonyl (C=O) groups is 1. The maximum Gasteiger partial charge on any atom is 0.407 e. The van der Waals surface area contributed by atoms with Crippen LogP contribution in [0, 0.1) is 5.92 Å². The normalized spacial score (nSPS) is 26.4. The summed E-state index contributed by atoms with van der Waals surface area (Å²) < 4.78 is 4.65. The molecule has 1 rings (SSSR count). The second-order valence-corrected chi connectivity index (χ2v) is 4.60. The van der Waals surface area contributed by atoms with E-state index < -0.39 is 0 Å². The van der Waals surface area contributed by atoms with Crippen LogP contribution >= 0.6 is 0 Å². The molecule has 0 aromatic carbocycles. The predicted molar refractivity (Wildman–Crippen MR) is 64.5 cm³/mol. The molecule has 94 valence electrons. The maximum absolute atomic E-state index is 11.2. The number of hydrogen-bond acceptors (Lipinski definition) is 3. The molecule has 4 heteroatoms. The lowest BCUT2D eigenvalue weighted by molar-refractivity contribution is 0.123. The van der Waals surface area contributed by atoms with Crippen molar-refractivity contribution in [3.8, 4) is 0 Å². The third-order valence-corrected chi connectivity index (χ3v) is 3.24. The molecule has 4 nitrogen and oxygen atoms in total. The first-order valence-corrected chi connectivity index (χ1v) is 6.26. The van der Waals surface area contributed by atoms with E-state index in [2.05, 4.69) is 28.8 Å². The molecule has 0 aliphatic carbocycles. The number of nitrogens with zero attached hydrogens (tertiary/aromatic N) is 1. The molecule has 16 heavy (non-hydrogen) atoms. The van der Waals surface area contributed by atoms with Gasteiger partial charge in [-0.25, -0.2) is 4.79 Å². The Morgan fingerprint density at radius 3 is 2.75 bits per heavy atom. The van der Waals surface area contributed by atoms with E-state index in [1.807, 2.05) is 0 Å². The van der Waals surface area contributed by atoms with E-state index in [1.54, 1.807) is 0 Å².